The minimum Gasteiger partial charge on any atom is -0.356 e. The summed E-state index contributed by atoms with van der Waals surface area (Å²) in [7, 11) is 0. The van der Waals surface area contributed by atoms with E-state index in [-0.39, 0.29) is 37.1 Å². The number of nitrogens with one attached hydrogen (secondary N) is 3. The maximum absolute atomic E-state index is 11.9. The molecular formula is C20H21BrClN3O3. The lowest BCUT2D eigenvalue weighted by Gasteiger charge is -2.08. The van der Waals surface area contributed by atoms with Crippen LogP contribution in [0.15, 0.2) is 53.0 Å². The second-order valence-corrected chi connectivity index (χ2v) is 7.37. The maximum Gasteiger partial charge on any atom is 0.251 e. The summed E-state index contributed by atoms with van der Waals surface area (Å²) in [5, 5.41) is 8.78. The molecule has 0 aliphatic heterocycles. The molecule has 0 aromatic heterocycles. The molecule has 2 rings (SSSR count). The summed E-state index contributed by atoms with van der Waals surface area (Å²) in [5.41, 5.74) is 1.22. The Morgan fingerprint density at radius 1 is 0.821 bits per heavy atom. The van der Waals surface area contributed by atoms with Crippen molar-refractivity contribution in [2.45, 2.75) is 19.3 Å². The first-order valence-corrected chi connectivity index (χ1v) is 9.97. The van der Waals surface area contributed by atoms with Gasteiger partial charge in [-0.15, -0.1) is 0 Å². The van der Waals surface area contributed by atoms with Crippen LogP contribution < -0.4 is 16.0 Å². The van der Waals surface area contributed by atoms with Gasteiger partial charge in [-0.25, -0.2) is 0 Å². The molecule has 0 spiro atoms. The molecular weight excluding hydrogens is 446 g/mol. The van der Waals surface area contributed by atoms with E-state index < -0.39 is 0 Å². The lowest BCUT2D eigenvalue weighted by Crippen LogP contribution is -2.29. The summed E-state index contributed by atoms with van der Waals surface area (Å²) < 4.78 is 0.933. The third-order valence-electron chi connectivity index (χ3n) is 3.77. The maximum atomic E-state index is 11.9. The predicted molar refractivity (Wildman–Crippen MR) is 113 cm³/mol. The SMILES string of the molecule is O=C(CCCNC(=O)c1ccc(Cl)cc1)NCCC(=O)Nc1ccc(Br)cc1. The molecule has 2 aromatic rings. The van der Waals surface area contributed by atoms with Gasteiger partial charge in [-0.05, 0) is 55.0 Å². The van der Waals surface area contributed by atoms with E-state index >= 15 is 0 Å². The van der Waals surface area contributed by atoms with Gasteiger partial charge in [-0.3, -0.25) is 14.4 Å². The fourth-order valence-corrected chi connectivity index (χ4v) is 2.71. The van der Waals surface area contributed by atoms with Crippen molar-refractivity contribution in [2.75, 3.05) is 18.4 Å². The number of carbonyl (C=O) groups excluding carboxylic acids is 3. The van der Waals surface area contributed by atoms with Crippen LogP contribution in [0.5, 0.6) is 0 Å². The first-order valence-electron chi connectivity index (χ1n) is 8.80. The van der Waals surface area contributed by atoms with E-state index in [2.05, 4.69) is 31.9 Å². The van der Waals surface area contributed by atoms with Crippen molar-refractivity contribution < 1.29 is 14.4 Å². The molecule has 0 radical (unpaired) electrons. The number of hydrogen-bond donors (Lipinski definition) is 3. The van der Waals surface area contributed by atoms with Gasteiger partial charge in [0.05, 0.1) is 0 Å². The van der Waals surface area contributed by atoms with E-state index in [4.69, 9.17) is 11.6 Å². The van der Waals surface area contributed by atoms with Crippen molar-refractivity contribution in [1.29, 1.82) is 0 Å². The van der Waals surface area contributed by atoms with Crippen molar-refractivity contribution in [3.8, 4) is 0 Å². The molecule has 0 saturated carbocycles. The number of carbonyl (C=O) groups is 3. The molecule has 3 amide bonds. The highest BCUT2D eigenvalue weighted by Gasteiger charge is 2.07. The molecule has 3 N–H and O–H groups in total. The minimum atomic E-state index is -0.207. The van der Waals surface area contributed by atoms with Crippen LogP contribution in [0.3, 0.4) is 0 Å². The van der Waals surface area contributed by atoms with E-state index in [1.807, 2.05) is 12.1 Å². The molecule has 0 fully saturated rings. The zero-order valence-electron chi connectivity index (χ0n) is 15.1. The van der Waals surface area contributed by atoms with Crippen LogP contribution in [0.2, 0.25) is 5.02 Å². The van der Waals surface area contributed by atoms with E-state index in [9.17, 15) is 14.4 Å². The van der Waals surface area contributed by atoms with Gasteiger partial charge in [0, 0.05) is 46.7 Å². The van der Waals surface area contributed by atoms with Gasteiger partial charge in [0.15, 0.2) is 0 Å². The molecule has 0 heterocycles. The average Bonchev–Trinajstić information content (AvgIpc) is 2.67. The topological polar surface area (TPSA) is 87.3 Å². The number of benzene rings is 2. The monoisotopic (exact) mass is 465 g/mol. The van der Waals surface area contributed by atoms with E-state index in [0.717, 1.165) is 4.47 Å². The standard InChI is InChI=1S/C20H21BrClN3O3/c21-15-5-9-17(10-6-15)25-19(27)11-13-23-18(26)2-1-12-24-20(28)14-3-7-16(22)8-4-14/h3-10H,1-2,11-13H2,(H,23,26)(H,24,28)(H,25,27). The van der Waals surface area contributed by atoms with Crippen LogP contribution in [-0.4, -0.2) is 30.8 Å². The first-order chi connectivity index (χ1) is 13.4. The molecule has 148 valence electrons. The van der Waals surface area contributed by atoms with Crippen molar-refractivity contribution in [3.05, 3.63) is 63.6 Å². The summed E-state index contributed by atoms with van der Waals surface area (Å²) >= 11 is 9.11. The zero-order chi connectivity index (χ0) is 20.4. The first kappa shape index (κ1) is 21.9. The number of halogens is 2. The van der Waals surface area contributed by atoms with Crippen LogP contribution in [0.1, 0.15) is 29.6 Å². The quantitative estimate of drug-likeness (QED) is 0.492. The fourth-order valence-electron chi connectivity index (χ4n) is 2.31. The smallest absolute Gasteiger partial charge is 0.251 e. The Hall–Kier alpha value is -2.38. The summed E-state index contributed by atoms with van der Waals surface area (Å²) in [4.78, 5) is 35.6. The molecule has 0 aliphatic carbocycles. The molecule has 0 unspecified atom stereocenters. The van der Waals surface area contributed by atoms with Crippen LogP contribution in [-0.2, 0) is 9.59 Å². The second kappa shape index (κ2) is 11.5. The highest BCUT2D eigenvalue weighted by atomic mass is 79.9. The van der Waals surface area contributed by atoms with Gasteiger partial charge in [0.2, 0.25) is 11.8 Å². The third kappa shape index (κ3) is 8.10. The fraction of sp³-hybridized carbons (Fsp3) is 0.250. The second-order valence-electron chi connectivity index (χ2n) is 6.02. The largest absolute Gasteiger partial charge is 0.356 e. The van der Waals surface area contributed by atoms with E-state index in [1.54, 1.807) is 36.4 Å². The van der Waals surface area contributed by atoms with Gasteiger partial charge in [-0.1, -0.05) is 27.5 Å². The summed E-state index contributed by atoms with van der Waals surface area (Å²) in [6.45, 7) is 0.650. The predicted octanol–water partition coefficient (Wildman–Crippen LogP) is 3.76. The summed E-state index contributed by atoms with van der Waals surface area (Å²) in [6.07, 6.45) is 0.973. The van der Waals surface area contributed by atoms with Crippen molar-refractivity contribution >= 4 is 50.9 Å². The van der Waals surface area contributed by atoms with Crippen molar-refractivity contribution in [3.63, 3.8) is 0 Å². The molecule has 0 aliphatic rings. The Labute approximate surface area is 177 Å². The van der Waals surface area contributed by atoms with Gasteiger partial charge in [-0.2, -0.15) is 0 Å². The Morgan fingerprint density at radius 2 is 1.50 bits per heavy atom. The van der Waals surface area contributed by atoms with Crippen LogP contribution >= 0.6 is 27.5 Å². The van der Waals surface area contributed by atoms with Crippen LogP contribution in [0.25, 0.3) is 0 Å². The molecule has 28 heavy (non-hydrogen) atoms. The van der Waals surface area contributed by atoms with Gasteiger partial charge in [0.1, 0.15) is 0 Å². The normalized spacial score (nSPS) is 10.2. The minimum absolute atomic E-state index is 0.155. The Morgan fingerprint density at radius 3 is 2.18 bits per heavy atom. The van der Waals surface area contributed by atoms with Gasteiger partial charge in [0.25, 0.3) is 5.91 Å². The van der Waals surface area contributed by atoms with Gasteiger partial charge >= 0.3 is 0 Å². The van der Waals surface area contributed by atoms with E-state index in [0.29, 0.717) is 29.2 Å². The Bertz CT molecular complexity index is 810. The number of anilines is 1. The molecule has 0 bridgehead atoms. The van der Waals surface area contributed by atoms with Gasteiger partial charge < -0.3 is 16.0 Å². The number of rotatable bonds is 9. The van der Waals surface area contributed by atoms with Crippen molar-refractivity contribution in [1.82, 2.24) is 10.6 Å². The molecule has 0 saturated heterocycles. The highest BCUT2D eigenvalue weighted by molar-refractivity contribution is 9.10. The third-order valence-corrected chi connectivity index (χ3v) is 4.56. The number of amides is 3. The molecule has 0 atom stereocenters. The summed E-state index contributed by atoms with van der Waals surface area (Å²) in [5.74, 6) is -0.531. The Balaban J connectivity index is 1.56. The van der Waals surface area contributed by atoms with E-state index in [1.165, 1.54) is 0 Å². The molecule has 6 nitrogen and oxygen atoms in total. The molecule has 2 aromatic carbocycles. The van der Waals surface area contributed by atoms with Crippen LogP contribution in [0.4, 0.5) is 5.69 Å². The Kier molecular flexibility index (Phi) is 8.97. The van der Waals surface area contributed by atoms with Crippen LogP contribution in [0, 0.1) is 0 Å². The average molecular weight is 467 g/mol. The number of hydrogen-bond acceptors (Lipinski definition) is 3. The lowest BCUT2D eigenvalue weighted by molar-refractivity contribution is -0.121. The van der Waals surface area contributed by atoms with Crippen molar-refractivity contribution in [2.24, 2.45) is 0 Å². The molecule has 8 heteroatoms. The zero-order valence-corrected chi connectivity index (χ0v) is 17.5. The lowest BCUT2D eigenvalue weighted by atomic mass is 10.2. The highest BCUT2D eigenvalue weighted by Crippen LogP contribution is 2.14. The summed E-state index contributed by atoms with van der Waals surface area (Å²) in [6, 6.07) is 13.8.